The zero-order chi connectivity index (χ0) is 10.8. The summed E-state index contributed by atoms with van der Waals surface area (Å²) in [5, 5.41) is 8.60. The van der Waals surface area contributed by atoms with Crippen LogP contribution in [0.3, 0.4) is 0 Å². The number of carbonyl (C=O) groups is 1. The molecule has 1 aliphatic heterocycles. The summed E-state index contributed by atoms with van der Waals surface area (Å²) in [4.78, 5) is 13.3. The minimum Gasteiger partial charge on any atom is -0.295 e. The van der Waals surface area contributed by atoms with E-state index in [-0.39, 0.29) is 5.78 Å². The lowest BCUT2D eigenvalue weighted by atomic mass is 10.0. The van der Waals surface area contributed by atoms with Crippen LogP contribution in [0.4, 0.5) is 0 Å². The lowest BCUT2D eigenvalue weighted by Gasteiger charge is -2.07. The molecule has 3 nitrogen and oxygen atoms in total. The highest BCUT2D eigenvalue weighted by Gasteiger charge is 2.18. The van der Waals surface area contributed by atoms with Crippen molar-refractivity contribution in [2.24, 2.45) is 0 Å². The van der Waals surface area contributed by atoms with E-state index in [0.29, 0.717) is 6.54 Å². The van der Waals surface area contributed by atoms with E-state index in [9.17, 15) is 4.79 Å². The van der Waals surface area contributed by atoms with Gasteiger partial charge in [-0.25, -0.2) is 0 Å². The van der Waals surface area contributed by atoms with Crippen molar-refractivity contribution in [1.29, 1.82) is 5.26 Å². The molecule has 0 radical (unpaired) electrons. The predicted octanol–water partition coefficient (Wildman–Crippen LogP) is 1.73. The molecule has 0 aliphatic carbocycles. The molecular weight excluding hydrogens is 188 g/mol. The highest BCUT2D eigenvalue weighted by Crippen LogP contribution is 2.23. The molecule has 0 spiro atoms. The minimum absolute atomic E-state index is 0.0940. The SMILES string of the molecule is CC(=O)c1ccc2c(c1)CN(CC#N)C2. The summed E-state index contributed by atoms with van der Waals surface area (Å²) >= 11 is 0. The molecule has 0 amide bonds. The number of benzene rings is 1. The second-order valence-electron chi connectivity index (χ2n) is 3.84. The van der Waals surface area contributed by atoms with Crippen LogP contribution in [0.15, 0.2) is 18.2 Å². The Hall–Kier alpha value is -1.66. The van der Waals surface area contributed by atoms with E-state index in [1.807, 2.05) is 18.2 Å². The number of Topliss-reactive ketones (excluding diaryl/α,β-unsaturated/α-hetero) is 1. The molecule has 0 fully saturated rings. The third kappa shape index (κ3) is 1.90. The molecule has 0 N–H and O–H groups in total. The van der Waals surface area contributed by atoms with Crippen LogP contribution in [-0.2, 0) is 13.1 Å². The summed E-state index contributed by atoms with van der Waals surface area (Å²) in [6.07, 6.45) is 0. The Morgan fingerprint density at radius 1 is 1.47 bits per heavy atom. The third-order valence-corrected chi connectivity index (χ3v) is 2.70. The van der Waals surface area contributed by atoms with Crippen LogP contribution in [0.2, 0.25) is 0 Å². The number of hydrogen-bond acceptors (Lipinski definition) is 3. The van der Waals surface area contributed by atoms with Crippen LogP contribution in [0, 0.1) is 11.3 Å². The van der Waals surface area contributed by atoms with Gasteiger partial charge in [-0.05, 0) is 24.1 Å². The summed E-state index contributed by atoms with van der Waals surface area (Å²) in [5.41, 5.74) is 3.17. The molecule has 0 unspecified atom stereocenters. The molecular formula is C12H12N2O. The van der Waals surface area contributed by atoms with Crippen LogP contribution < -0.4 is 0 Å². The normalized spacial score (nSPS) is 14.7. The summed E-state index contributed by atoms with van der Waals surface area (Å²) in [6.45, 7) is 3.62. The van der Waals surface area contributed by atoms with Crippen molar-refractivity contribution < 1.29 is 4.79 Å². The molecule has 1 heterocycles. The van der Waals surface area contributed by atoms with Gasteiger partial charge in [-0.15, -0.1) is 0 Å². The van der Waals surface area contributed by atoms with Crippen molar-refractivity contribution in [1.82, 2.24) is 4.90 Å². The van der Waals surface area contributed by atoms with Crippen LogP contribution >= 0.6 is 0 Å². The van der Waals surface area contributed by atoms with Crippen LogP contribution in [0.5, 0.6) is 0 Å². The zero-order valence-corrected chi connectivity index (χ0v) is 8.66. The lowest BCUT2D eigenvalue weighted by molar-refractivity contribution is 0.101. The van der Waals surface area contributed by atoms with Crippen molar-refractivity contribution in [3.05, 3.63) is 34.9 Å². The highest BCUT2D eigenvalue weighted by atomic mass is 16.1. The first kappa shape index (κ1) is 9.88. The fraction of sp³-hybridized carbons (Fsp3) is 0.333. The predicted molar refractivity (Wildman–Crippen MR) is 56.2 cm³/mol. The molecule has 0 aromatic heterocycles. The van der Waals surface area contributed by atoms with E-state index in [4.69, 9.17) is 5.26 Å². The van der Waals surface area contributed by atoms with Crippen molar-refractivity contribution >= 4 is 5.78 Å². The summed E-state index contributed by atoms with van der Waals surface area (Å²) in [5.74, 6) is 0.0940. The van der Waals surface area contributed by atoms with Gasteiger partial charge in [0.1, 0.15) is 0 Å². The van der Waals surface area contributed by atoms with Gasteiger partial charge in [-0.1, -0.05) is 12.1 Å². The van der Waals surface area contributed by atoms with Gasteiger partial charge in [0, 0.05) is 18.7 Å². The quantitative estimate of drug-likeness (QED) is 0.539. The van der Waals surface area contributed by atoms with Crippen LogP contribution in [0.1, 0.15) is 28.4 Å². The average Bonchev–Trinajstić information content (AvgIpc) is 2.59. The highest BCUT2D eigenvalue weighted by molar-refractivity contribution is 5.94. The number of nitrogens with zero attached hydrogens (tertiary/aromatic N) is 2. The van der Waals surface area contributed by atoms with Gasteiger partial charge in [-0.2, -0.15) is 5.26 Å². The fourth-order valence-electron chi connectivity index (χ4n) is 1.90. The van der Waals surface area contributed by atoms with Gasteiger partial charge >= 0.3 is 0 Å². The molecule has 15 heavy (non-hydrogen) atoms. The Labute approximate surface area is 88.9 Å². The number of carbonyl (C=O) groups excluding carboxylic acids is 1. The molecule has 0 atom stereocenters. The Morgan fingerprint density at radius 2 is 2.20 bits per heavy atom. The Bertz CT molecular complexity index is 445. The van der Waals surface area contributed by atoms with E-state index < -0.39 is 0 Å². The van der Waals surface area contributed by atoms with Crippen molar-refractivity contribution in [2.75, 3.05) is 6.54 Å². The van der Waals surface area contributed by atoms with Gasteiger partial charge in [0.25, 0.3) is 0 Å². The van der Waals surface area contributed by atoms with E-state index in [1.54, 1.807) is 6.92 Å². The number of fused-ring (bicyclic) bond motifs is 1. The topological polar surface area (TPSA) is 44.1 Å². The maximum absolute atomic E-state index is 11.2. The summed E-state index contributed by atoms with van der Waals surface area (Å²) in [6, 6.07) is 7.93. The zero-order valence-electron chi connectivity index (χ0n) is 8.66. The lowest BCUT2D eigenvalue weighted by Crippen LogP contribution is -2.15. The minimum atomic E-state index is 0.0940. The van der Waals surface area contributed by atoms with E-state index in [0.717, 1.165) is 18.7 Å². The Morgan fingerprint density at radius 3 is 2.87 bits per heavy atom. The van der Waals surface area contributed by atoms with E-state index in [2.05, 4.69) is 11.0 Å². The molecule has 1 aliphatic rings. The monoisotopic (exact) mass is 200 g/mol. The standard InChI is InChI=1S/C12H12N2O/c1-9(15)10-2-3-11-7-14(5-4-13)8-12(11)6-10/h2-3,6H,5,7-8H2,1H3. The molecule has 1 aromatic carbocycles. The Kier molecular flexibility index (Phi) is 2.53. The fourth-order valence-corrected chi connectivity index (χ4v) is 1.90. The first-order valence-corrected chi connectivity index (χ1v) is 4.93. The van der Waals surface area contributed by atoms with Gasteiger partial charge in [-0.3, -0.25) is 9.69 Å². The molecule has 3 heteroatoms. The molecule has 0 saturated heterocycles. The molecule has 0 bridgehead atoms. The number of hydrogen-bond donors (Lipinski definition) is 0. The van der Waals surface area contributed by atoms with E-state index in [1.165, 1.54) is 11.1 Å². The number of rotatable bonds is 2. The molecule has 76 valence electrons. The van der Waals surface area contributed by atoms with Crippen molar-refractivity contribution in [3.63, 3.8) is 0 Å². The van der Waals surface area contributed by atoms with Crippen LogP contribution in [-0.4, -0.2) is 17.2 Å². The largest absolute Gasteiger partial charge is 0.295 e. The second kappa shape index (κ2) is 3.84. The summed E-state index contributed by atoms with van der Waals surface area (Å²) < 4.78 is 0. The third-order valence-electron chi connectivity index (χ3n) is 2.70. The van der Waals surface area contributed by atoms with Crippen LogP contribution in [0.25, 0.3) is 0 Å². The average molecular weight is 200 g/mol. The van der Waals surface area contributed by atoms with Gasteiger partial charge in [0.15, 0.2) is 5.78 Å². The van der Waals surface area contributed by atoms with Crippen molar-refractivity contribution in [3.8, 4) is 6.07 Å². The smallest absolute Gasteiger partial charge is 0.159 e. The summed E-state index contributed by atoms with van der Waals surface area (Å²) in [7, 11) is 0. The molecule has 1 aromatic rings. The number of ketones is 1. The number of nitriles is 1. The maximum atomic E-state index is 11.2. The first-order chi connectivity index (χ1) is 7.20. The van der Waals surface area contributed by atoms with Gasteiger partial charge in [0.05, 0.1) is 12.6 Å². The van der Waals surface area contributed by atoms with Gasteiger partial charge < -0.3 is 0 Å². The van der Waals surface area contributed by atoms with E-state index >= 15 is 0 Å². The molecule has 2 rings (SSSR count). The van der Waals surface area contributed by atoms with Gasteiger partial charge in [0.2, 0.25) is 0 Å². The maximum Gasteiger partial charge on any atom is 0.159 e. The second-order valence-corrected chi connectivity index (χ2v) is 3.84. The first-order valence-electron chi connectivity index (χ1n) is 4.93. The Balaban J connectivity index is 2.24. The van der Waals surface area contributed by atoms with Crippen molar-refractivity contribution in [2.45, 2.75) is 20.0 Å². The molecule has 0 saturated carbocycles.